The van der Waals surface area contributed by atoms with Crippen molar-refractivity contribution in [2.24, 2.45) is 0 Å². The molecule has 2 N–H and O–H groups in total. The molecule has 34 heavy (non-hydrogen) atoms. The number of likely N-dealkylation sites (N-methyl/N-ethyl adjacent to an activating group) is 1. The molecule has 2 aromatic carbocycles. The topological polar surface area (TPSA) is 60.7 Å². The van der Waals surface area contributed by atoms with Crippen LogP contribution < -0.4 is 15.5 Å². The van der Waals surface area contributed by atoms with Gasteiger partial charge in [-0.05, 0) is 43.4 Å². The molecule has 1 aromatic heterocycles. The van der Waals surface area contributed by atoms with Gasteiger partial charge >= 0.3 is 6.18 Å². The van der Waals surface area contributed by atoms with E-state index in [2.05, 4.69) is 30.3 Å². The maximum Gasteiger partial charge on any atom is 0.418 e. The number of nitrogens with one attached hydrogen (secondary N) is 2. The molecule has 7 nitrogen and oxygen atoms in total. The Bertz CT molecular complexity index is 1180. The standard InChI is InChI=1S/C24H24F3N7/c1-28-16-17-4-3-5-18(14-17)30-22-8-9-29-23(32-22)31-19-6-7-21(20(15-19)24(25,26)27)34-12-10-33(2)11-13-34/h3-9,14-15H,10-13,16H2,2H3,(H2,29,30,31,32). The van der Waals surface area contributed by atoms with Gasteiger partial charge in [0.05, 0.1) is 5.56 Å². The Labute approximate surface area is 196 Å². The van der Waals surface area contributed by atoms with Crippen molar-refractivity contribution in [3.63, 3.8) is 0 Å². The number of hydrogen-bond acceptors (Lipinski definition) is 6. The minimum Gasteiger partial charge on any atom is -0.368 e. The number of nitrogens with zero attached hydrogens (tertiary/aromatic N) is 5. The van der Waals surface area contributed by atoms with Crippen LogP contribution in [0.1, 0.15) is 11.1 Å². The number of rotatable bonds is 6. The molecule has 0 atom stereocenters. The van der Waals surface area contributed by atoms with Crippen molar-refractivity contribution >= 4 is 28.8 Å². The molecule has 0 aliphatic carbocycles. The second-order valence-electron chi connectivity index (χ2n) is 8.05. The van der Waals surface area contributed by atoms with E-state index in [0.717, 1.165) is 17.3 Å². The SMILES string of the molecule is [C-]#[N+]Cc1cccc(Nc2ccnc(Nc3ccc(N4CCN(C)CC4)c(C(F)(F)F)c3)n2)c1. The molecule has 0 saturated carbocycles. The molecular formula is C24H24F3N7. The van der Waals surface area contributed by atoms with Gasteiger partial charge < -0.3 is 25.3 Å². The summed E-state index contributed by atoms with van der Waals surface area (Å²) < 4.78 is 41.6. The molecule has 1 aliphatic heterocycles. The highest BCUT2D eigenvalue weighted by Gasteiger charge is 2.35. The van der Waals surface area contributed by atoms with Gasteiger partial charge in [-0.25, -0.2) is 11.6 Å². The first-order valence-electron chi connectivity index (χ1n) is 10.8. The number of alkyl halides is 3. The van der Waals surface area contributed by atoms with Crippen LogP contribution >= 0.6 is 0 Å². The fourth-order valence-electron chi connectivity index (χ4n) is 3.77. The second-order valence-corrected chi connectivity index (χ2v) is 8.05. The van der Waals surface area contributed by atoms with Crippen molar-refractivity contribution in [3.8, 4) is 0 Å². The monoisotopic (exact) mass is 467 g/mol. The van der Waals surface area contributed by atoms with E-state index in [0.29, 0.717) is 32.0 Å². The summed E-state index contributed by atoms with van der Waals surface area (Å²) in [7, 11) is 1.96. The molecule has 10 heteroatoms. The predicted molar refractivity (Wildman–Crippen MR) is 126 cm³/mol. The minimum absolute atomic E-state index is 0.169. The molecule has 0 spiro atoms. The molecule has 1 fully saturated rings. The van der Waals surface area contributed by atoms with Crippen LogP contribution in [0.15, 0.2) is 54.7 Å². The first kappa shape index (κ1) is 23.3. The summed E-state index contributed by atoms with van der Waals surface area (Å²) in [6.07, 6.45) is -2.97. The van der Waals surface area contributed by atoms with E-state index in [9.17, 15) is 13.2 Å². The summed E-state index contributed by atoms with van der Waals surface area (Å²) in [5, 5.41) is 6.02. The summed E-state index contributed by atoms with van der Waals surface area (Å²) in [6, 6.07) is 13.3. The van der Waals surface area contributed by atoms with Crippen LogP contribution in [0.25, 0.3) is 4.85 Å². The van der Waals surface area contributed by atoms with Gasteiger partial charge in [-0.2, -0.15) is 18.2 Å². The molecule has 0 amide bonds. The number of halogens is 3. The lowest BCUT2D eigenvalue weighted by Crippen LogP contribution is -2.45. The van der Waals surface area contributed by atoms with Gasteiger partial charge in [0, 0.05) is 55.0 Å². The lowest BCUT2D eigenvalue weighted by atomic mass is 10.1. The van der Waals surface area contributed by atoms with Crippen LogP contribution in [-0.4, -0.2) is 48.1 Å². The van der Waals surface area contributed by atoms with Crippen LogP contribution in [0.2, 0.25) is 0 Å². The largest absolute Gasteiger partial charge is 0.418 e. The van der Waals surface area contributed by atoms with E-state index < -0.39 is 11.7 Å². The van der Waals surface area contributed by atoms with E-state index in [1.807, 2.05) is 31.3 Å². The highest BCUT2D eigenvalue weighted by molar-refractivity contribution is 5.66. The molecule has 1 aliphatic rings. The highest BCUT2D eigenvalue weighted by Crippen LogP contribution is 2.39. The van der Waals surface area contributed by atoms with Crippen molar-refractivity contribution in [3.05, 3.63) is 77.3 Å². The maximum absolute atomic E-state index is 13.9. The highest BCUT2D eigenvalue weighted by atomic mass is 19.4. The zero-order chi connectivity index (χ0) is 24.1. The van der Waals surface area contributed by atoms with Gasteiger partial charge in [0.1, 0.15) is 5.82 Å². The second kappa shape index (κ2) is 9.97. The van der Waals surface area contributed by atoms with Crippen LogP contribution in [0.5, 0.6) is 0 Å². The molecular weight excluding hydrogens is 443 g/mol. The van der Waals surface area contributed by atoms with Gasteiger partial charge in [0.2, 0.25) is 12.5 Å². The molecule has 3 aromatic rings. The van der Waals surface area contributed by atoms with Gasteiger partial charge in [-0.15, -0.1) is 0 Å². The summed E-state index contributed by atoms with van der Waals surface area (Å²) in [5.74, 6) is 0.644. The molecule has 176 valence electrons. The van der Waals surface area contributed by atoms with Crippen molar-refractivity contribution in [2.75, 3.05) is 48.8 Å². The number of piperazine rings is 1. The summed E-state index contributed by atoms with van der Waals surface area (Å²) >= 11 is 0. The number of benzene rings is 2. The third kappa shape index (κ3) is 5.74. The number of anilines is 5. The maximum atomic E-state index is 13.9. The molecule has 0 radical (unpaired) electrons. The lowest BCUT2D eigenvalue weighted by molar-refractivity contribution is -0.137. The average Bonchev–Trinajstić information content (AvgIpc) is 2.80. The quantitative estimate of drug-likeness (QED) is 0.489. The van der Waals surface area contributed by atoms with Crippen LogP contribution in [0.3, 0.4) is 0 Å². The lowest BCUT2D eigenvalue weighted by Gasteiger charge is -2.35. The van der Waals surface area contributed by atoms with Crippen molar-refractivity contribution in [2.45, 2.75) is 12.7 Å². The van der Waals surface area contributed by atoms with Crippen LogP contribution in [0, 0.1) is 6.57 Å². The zero-order valence-electron chi connectivity index (χ0n) is 18.6. The Morgan fingerprint density at radius 2 is 1.76 bits per heavy atom. The van der Waals surface area contributed by atoms with E-state index in [4.69, 9.17) is 6.57 Å². The first-order chi connectivity index (χ1) is 16.3. The minimum atomic E-state index is -4.49. The normalized spacial score (nSPS) is 14.5. The third-order valence-electron chi connectivity index (χ3n) is 5.52. The Balaban J connectivity index is 1.53. The smallest absolute Gasteiger partial charge is 0.368 e. The van der Waals surface area contributed by atoms with Gasteiger partial charge in [0.15, 0.2) is 0 Å². The van der Waals surface area contributed by atoms with Crippen LogP contribution in [0.4, 0.5) is 42.0 Å². The average molecular weight is 467 g/mol. The van der Waals surface area contributed by atoms with Crippen molar-refractivity contribution in [1.29, 1.82) is 0 Å². The van der Waals surface area contributed by atoms with Gasteiger partial charge in [0.25, 0.3) is 0 Å². The summed E-state index contributed by atoms with van der Waals surface area (Å²) in [5.41, 5.74) is 1.37. The van der Waals surface area contributed by atoms with E-state index >= 15 is 0 Å². The predicted octanol–water partition coefficient (Wildman–Crippen LogP) is 5.15. The first-order valence-corrected chi connectivity index (χ1v) is 10.8. The summed E-state index contributed by atoms with van der Waals surface area (Å²) in [4.78, 5) is 15.7. The number of hydrogen-bond donors (Lipinski definition) is 2. The molecule has 2 heterocycles. The Kier molecular flexibility index (Phi) is 6.84. The molecule has 0 bridgehead atoms. The Morgan fingerprint density at radius 3 is 2.50 bits per heavy atom. The fraction of sp³-hybridized carbons (Fsp3) is 0.292. The van der Waals surface area contributed by atoms with Crippen LogP contribution in [-0.2, 0) is 12.7 Å². The summed E-state index contributed by atoms with van der Waals surface area (Å²) in [6.45, 7) is 9.79. The van der Waals surface area contributed by atoms with Crippen molar-refractivity contribution < 1.29 is 13.2 Å². The third-order valence-corrected chi connectivity index (χ3v) is 5.52. The number of aromatic nitrogens is 2. The molecule has 4 rings (SSSR count). The van der Waals surface area contributed by atoms with Gasteiger partial charge in [-0.1, -0.05) is 12.1 Å². The molecule has 1 saturated heterocycles. The van der Waals surface area contributed by atoms with Crippen molar-refractivity contribution in [1.82, 2.24) is 14.9 Å². The van der Waals surface area contributed by atoms with E-state index in [-0.39, 0.29) is 23.9 Å². The molecule has 0 unspecified atom stereocenters. The Hall–Kier alpha value is -3.84. The van der Waals surface area contributed by atoms with Gasteiger partial charge in [-0.3, -0.25) is 0 Å². The van der Waals surface area contributed by atoms with E-state index in [1.165, 1.54) is 12.3 Å². The zero-order valence-corrected chi connectivity index (χ0v) is 18.6. The van der Waals surface area contributed by atoms with E-state index in [1.54, 1.807) is 17.0 Å². The fourth-order valence-corrected chi connectivity index (χ4v) is 3.77. The Morgan fingerprint density at radius 1 is 1.00 bits per heavy atom.